The Morgan fingerprint density at radius 3 is 2.71 bits per heavy atom. The normalized spacial score (nSPS) is 21.5. The summed E-state index contributed by atoms with van der Waals surface area (Å²) in [4.78, 5) is 28.9. The van der Waals surface area contributed by atoms with Gasteiger partial charge in [0.15, 0.2) is 0 Å². The van der Waals surface area contributed by atoms with Crippen LogP contribution in [-0.2, 0) is 11.3 Å². The smallest absolute Gasteiger partial charge is 0.250 e. The number of para-hydroxylation sites is 1. The van der Waals surface area contributed by atoms with E-state index in [1.165, 1.54) is 0 Å². The number of pyridine rings is 1. The lowest BCUT2D eigenvalue weighted by molar-refractivity contribution is -0.114. The van der Waals surface area contributed by atoms with Gasteiger partial charge in [-0.15, -0.1) is 0 Å². The van der Waals surface area contributed by atoms with E-state index in [1.807, 2.05) is 54.0 Å². The van der Waals surface area contributed by atoms with Crippen molar-refractivity contribution in [3.05, 3.63) is 76.7 Å². The summed E-state index contributed by atoms with van der Waals surface area (Å²) in [6, 6.07) is 15.4. The van der Waals surface area contributed by atoms with E-state index in [0.29, 0.717) is 18.4 Å². The molecule has 1 saturated heterocycles. The molecule has 28 heavy (non-hydrogen) atoms. The van der Waals surface area contributed by atoms with Crippen molar-refractivity contribution in [2.75, 3.05) is 31.1 Å². The molecular weight excluding hydrogens is 350 g/mol. The lowest BCUT2D eigenvalue weighted by atomic mass is 9.83. The zero-order valence-corrected chi connectivity index (χ0v) is 16.3. The van der Waals surface area contributed by atoms with E-state index in [9.17, 15) is 9.59 Å². The van der Waals surface area contributed by atoms with Gasteiger partial charge in [0, 0.05) is 62.2 Å². The van der Waals surface area contributed by atoms with Crippen LogP contribution >= 0.6 is 0 Å². The van der Waals surface area contributed by atoms with Gasteiger partial charge in [0.2, 0.25) is 0 Å². The van der Waals surface area contributed by atoms with Crippen LogP contribution in [0.1, 0.15) is 25.0 Å². The van der Waals surface area contributed by atoms with E-state index in [4.69, 9.17) is 0 Å². The third-order valence-electron chi connectivity index (χ3n) is 5.83. The summed E-state index contributed by atoms with van der Waals surface area (Å²) < 4.78 is 1.95. The molecule has 1 fully saturated rings. The molecule has 1 aromatic carbocycles. The Hall–Kier alpha value is -2.66. The van der Waals surface area contributed by atoms with E-state index in [0.717, 1.165) is 44.0 Å². The number of likely N-dealkylation sites (tertiary alicyclic amines) is 1. The number of anilines is 1. The monoisotopic (exact) mass is 377 g/mol. The molecule has 2 aliphatic rings. The van der Waals surface area contributed by atoms with Crippen LogP contribution in [0.2, 0.25) is 0 Å². The highest BCUT2D eigenvalue weighted by molar-refractivity contribution is 6.01. The van der Waals surface area contributed by atoms with Crippen molar-refractivity contribution in [3.8, 4) is 0 Å². The summed E-state index contributed by atoms with van der Waals surface area (Å²) in [5.74, 6) is 0.927. The number of piperidine rings is 1. The van der Waals surface area contributed by atoms with Crippen molar-refractivity contribution in [3.63, 3.8) is 0 Å². The molecule has 0 N–H and O–H groups in total. The second-order valence-electron chi connectivity index (χ2n) is 7.74. The Morgan fingerprint density at radius 2 is 1.93 bits per heavy atom. The number of nitrogens with zero attached hydrogens (tertiary/aromatic N) is 3. The maximum Gasteiger partial charge on any atom is 0.250 e. The SMILES string of the molecule is CCN(C(=O)/C=C/CN1C[C@@H]2C[C@H](C1)c1cccc(=O)n1C2)c1ccccc1. The molecule has 5 heteroatoms. The van der Waals surface area contributed by atoms with E-state index in [-0.39, 0.29) is 11.5 Å². The first kappa shape index (κ1) is 18.7. The summed E-state index contributed by atoms with van der Waals surface area (Å²) in [7, 11) is 0. The van der Waals surface area contributed by atoms with Crippen molar-refractivity contribution >= 4 is 11.6 Å². The highest BCUT2D eigenvalue weighted by atomic mass is 16.2. The Bertz CT molecular complexity index is 919. The topological polar surface area (TPSA) is 45.6 Å². The minimum Gasteiger partial charge on any atom is -0.312 e. The number of carbonyl (C=O) groups is 1. The number of aromatic nitrogens is 1. The van der Waals surface area contributed by atoms with Gasteiger partial charge in [0.1, 0.15) is 0 Å². The van der Waals surface area contributed by atoms with Gasteiger partial charge in [-0.1, -0.05) is 30.3 Å². The third kappa shape index (κ3) is 3.80. The number of hydrogen-bond donors (Lipinski definition) is 0. The predicted molar refractivity (Wildman–Crippen MR) is 112 cm³/mol. The Balaban J connectivity index is 1.39. The molecule has 1 aromatic heterocycles. The minimum atomic E-state index is 0.0165. The number of hydrogen-bond acceptors (Lipinski definition) is 3. The molecule has 0 saturated carbocycles. The summed E-state index contributed by atoms with van der Waals surface area (Å²) >= 11 is 0. The number of carbonyl (C=O) groups excluding carboxylic acids is 1. The summed E-state index contributed by atoms with van der Waals surface area (Å²) in [5, 5.41) is 0. The molecule has 1 amide bonds. The van der Waals surface area contributed by atoms with Crippen LogP contribution in [0, 0.1) is 5.92 Å². The van der Waals surface area contributed by atoms with Crippen LogP contribution in [-0.4, -0.2) is 41.6 Å². The van der Waals surface area contributed by atoms with Crippen molar-refractivity contribution in [2.24, 2.45) is 5.92 Å². The highest BCUT2D eigenvalue weighted by Gasteiger charge is 2.33. The fraction of sp³-hybridized carbons (Fsp3) is 0.391. The molecule has 2 atom stereocenters. The van der Waals surface area contributed by atoms with Crippen LogP contribution in [0.3, 0.4) is 0 Å². The Morgan fingerprint density at radius 1 is 1.11 bits per heavy atom. The quantitative estimate of drug-likeness (QED) is 0.753. The number of benzene rings is 1. The summed E-state index contributed by atoms with van der Waals surface area (Å²) in [6.07, 6.45) is 4.83. The van der Waals surface area contributed by atoms with Crippen LogP contribution in [0.25, 0.3) is 0 Å². The fourth-order valence-corrected chi connectivity index (χ4v) is 4.61. The van der Waals surface area contributed by atoms with E-state index >= 15 is 0 Å². The standard InChI is InChI=1S/C23H27N3O2/c1-2-25(20-8-4-3-5-9-20)22(27)12-7-13-24-15-18-14-19(17-24)21-10-6-11-23(28)26(21)16-18/h3-12,18-19H,2,13-17H2,1H3/b12-7+/t18-,19+/m0/s1. The second-order valence-corrected chi connectivity index (χ2v) is 7.74. The van der Waals surface area contributed by atoms with Gasteiger partial charge < -0.3 is 9.47 Å². The number of likely N-dealkylation sites (N-methyl/N-ethyl adjacent to an activating group) is 1. The zero-order chi connectivity index (χ0) is 19.5. The van der Waals surface area contributed by atoms with Crippen molar-refractivity contribution in [1.29, 1.82) is 0 Å². The van der Waals surface area contributed by atoms with Crippen LogP contribution in [0.4, 0.5) is 5.69 Å². The fourth-order valence-electron chi connectivity index (χ4n) is 4.61. The second kappa shape index (κ2) is 8.15. The van der Waals surface area contributed by atoms with E-state index in [1.54, 1.807) is 17.0 Å². The maximum atomic E-state index is 12.6. The van der Waals surface area contributed by atoms with Crippen molar-refractivity contribution < 1.29 is 4.79 Å². The zero-order valence-electron chi connectivity index (χ0n) is 16.3. The molecule has 0 spiro atoms. The first-order chi connectivity index (χ1) is 13.7. The molecule has 0 unspecified atom stereocenters. The van der Waals surface area contributed by atoms with E-state index in [2.05, 4.69) is 11.0 Å². The Kier molecular flexibility index (Phi) is 5.44. The minimum absolute atomic E-state index is 0.0165. The molecule has 0 aliphatic carbocycles. The van der Waals surface area contributed by atoms with Crippen LogP contribution < -0.4 is 10.5 Å². The first-order valence-corrected chi connectivity index (χ1v) is 10.1. The lowest BCUT2D eigenvalue weighted by Crippen LogP contribution is -2.47. The molecule has 4 rings (SSSR count). The summed E-state index contributed by atoms with van der Waals surface area (Å²) in [5.41, 5.74) is 2.20. The lowest BCUT2D eigenvalue weighted by Gasteiger charge is -2.42. The Labute approximate surface area is 165 Å². The molecule has 3 heterocycles. The van der Waals surface area contributed by atoms with Gasteiger partial charge >= 0.3 is 0 Å². The van der Waals surface area contributed by atoms with E-state index < -0.39 is 0 Å². The van der Waals surface area contributed by atoms with Crippen molar-refractivity contribution in [1.82, 2.24) is 9.47 Å². The largest absolute Gasteiger partial charge is 0.312 e. The number of fused-ring (bicyclic) bond motifs is 4. The maximum absolute atomic E-state index is 12.6. The molecule has 5 nitrogen and oxygen atoms in total. The van der Waals surface area contributed by atoms with Gasteiger partial charge in [-0.3, -0.25) is 14.5 Å². The van der Waals surface area contributed by atoms with Gasteiger partial charge in [0.05, 0.1) is 0 Å². The molecule has 2 aromatic rings. The van der Waals surface area contributed by atoms with Gasteiger partial charge in [-0.05, 0) is 37.5 Å². The van der Waals surface area contributed by atoms with Gasteiger partial charge in [0.25, 0.3) is 11.5 Å². The highest BCUT2D eigenvalue weighted by Crippen LogP contribution is 2.34. The molecule has 2 bridgehead atoms. The molecule has 2 aliphatic heterocycles. The van der Waals surface area contributed by atoms with Crippen LogP contribution in [0.5, 0.6) is 0 Å². The van der Waals surface area contributed by atoms with Gasteiger partial charge in [-0.2, -0.15) is 0 Å². The van der Waals surface area contributed by atoms with Crippen molar-refractivity contribution in [2.45, 2.75) is 25.8 Å². The number of amides is 1. The predicted octanol–water partition coefficient (Wildman–Crippen LogP) is 2.88. The third-order valence-corrected chi connectivity index (χ3v) is 5.83. The molecule has 146 valence electrons. The van der Waals surface area contributed by atoms with Crippen LogP contribution in [0.15, 0.2) is 65.5 Å². The number of rotatable bonds is 5. The average Bonchev–Trinajstić information content (AvgIpc) is 2.70. The summed E-state index contributed by atoms with van der Waals surface area (Å²) in [6.45, 7) is 6.13. The average molecular weight is 377 g/mol. The molecule has 0 radical (unpaired) electrons. The van der Waals surface area contributed by atoms with Gasteiger partial charge in [-0.25, -0.2) is 0 Å². The molecular formula is C23H27N3O2. The first-order valence-electron chi connectivity index (χ1n) is 10.1.